The number of ketones is 1. The average molecular weight is 885 g/mol. The summed E-state index contributed by atoms with van der Waals surface area (Å²) >= 11 is 0. The molecule has 0 N–H and O–H groups in total. The van der Waals surface area contributed by atoms with E-state index in [-0.39, 0.29) is 69.7 Å². The average Bonchev–Trinajstić information content (AvgIpc) is 2.66. The fourth-order valence-corrected chi connectivity index (χ4v) is 4.78. The molecule has 1 aliphatic rings. The minimum absolute atomic E-state index is 0. The second kappa shape index (κ2) is 24.9. The molecule has 0 saturated heterocycles. The first kappa shape index (κ1) is 37.3. The van der Waals surface area contributed by atoms with Gasteiger partial charge < -0.3 is 0 Å². The first-order valence-corrected chi connectivity index (χ1v) is 13.1. The molecule has 0 aromatic heterocycles. The molecule has 0 heterocycles. The van der Waals surface area contributed by atoms with Crippen LogP contribution in [0, 0.1) is 73.6 Å². The van der Waals surface area contributed by atoms with Crippen molar-refractivity contribution in [2.75, 3.05) is 0 Å². The predicted octanol–water partition coefficient (Wildman–Crippen LogP) is 10.1. The van der Waals surface area contributed by atoms with Crippen LogP contribution in [-0.4, -0.2) is 5.78 Å². The van der Waals surface area contributed by atoms with Crippen LogP contribution in [0.5, 0.6) is 0 Å². The summed E-state index contributed by atoms with van der Waals surface area (Å²) < 4.78 is 0. The van der Waals surface area contributed by atoms with E-state index in [0.717, 1.165) is 19.3 Å². The molecule has 0 aliphatic heterocycles. The smallest absolute Gasteiger partial charge is 0.133 e. The molecule has 1 aliphatic carbocycles. The fraction of sp³-hybridized carbons (Fsp3) is 0.964. The third kappa shape index (κ3) is 23.3. The van der Waals surface area contributed by atoms with E-state index in [0.29, 0.717) is 17.1 Å². The van der Waals surface area contributed by atoms with E-state index >= 15 is 0 Å². The normalized spacial score (nSPS) is 15.5. The number of carbonyl (C=O) groups is 1. The summed E-state index contributed by atoms with van der Waals surface area (Å²) in [5.74, 6) is 1.23. The van der Waals surface area contributed by atoms with Gasteiger partial charge >= 0.3 is 0 Å². The SMILES string of the molecule is C.CCCCCCCCCCCCCCCCCC(=O)CC1CCC(C)(C)CC1.[U].[U]. The molecule has 1 rings (SSSR count). The van der Waals surface area contributed by atoms with Crippen LogP contribution in [-0.2, 0) is 4.79 Å². The molecule has 0 atom stereocenters. The van der Waals surface area contributed by atoms with Crippen LogP contribution in [0.2, 0.25) is 0 Å². The molecule has 0 amide bonds. The van der Waals surface area contributed by atoms with Crippen LogP contribution in [0.1, 0.15) is 163 Å². The van der Waals surface area contributed by atoms with E-state index in [1.807, 2.05) is 0 Å². The monoisotopic (exact) mass is 885 g/mol. The minimum atomic E-state index is 0. The van der Waals surface area contributed by atoms with Gasteiger partial charge in [-0.2, -0.15) is 0 Å². The number of hydrogen-bond donors (Lipinski definition) is 0. The molecule has 3 heteroatoms. The van der Waals surface area contributed by atoms with Crippen LogP contribution in [0.3, 0.4) is 0 Å². The van der Waals surface area contributed by atoms with Crippen molar-refractivity contribution >= 4 is 5.78 Å². The Balaban J connectivity index is -0.00000261. The molecule has 182 valence electrons. The first-order valence-electron chi connectivity index (χ1n) is 13.1. The number of rotatable bonds is 18. The van der Waals surface area contributed by atoms with Gasteiger partial charge in [-0.15, -0.1) is 0 Å². The van der Waals surface area contributed by atoms with E-state index in [4.69, 9.17) is 0 Å². The van der Waals surface area contributed by atoms with Crippen LogP contribution in [0.4, 0.5) is 0 Å². The van der Waals surface area contributed by atoms with Gasteiger partial charge in [0.05, 0.1) is 0 Å². The summed E-state index contributed by atoms with van der Waals surface area (Å²) in [7, 11) is 0. The molecule has 0 aromatic carbocycles. The summed E-state index contributed by atoms with van der Waals surface area (Å²) in [6.45, 7) is 7.04. The van der Waals surface area contributed by atoms with Gasteiger partial charge in [-0.25, -0.2) is 0 Å². The van der Waals surface area contributed by atoms with Crippen molar-refractivity contribution in [1.82, 2.24) is 0 Å². The van der Waals surface area contributed by atoms with Crippen LogP contribution >= 0.6 is 0 Å². The summed E-state index contributed by atoms with van der Waals surface area (Å²) in [6, 6.07) is 0. The van der Waals surface area contributed by atoms with E-state index < -0.39 is 0 Å². The van der Waals surface area contributed by atoms with Gasteiger partial charge in [0.25, 0.3) is 0 Å². The summed E-state index contributed by atoms with van der Waals surface area (Å²) in [6.07, 6.45) is 27.7. The fourth-order valence-electron chi connectivity index (χ4n) is 4.78. The van der Waals surface area contributed by atoms with Crippen molar-refractivity contribution in [3.05, 3.63) is 0 Å². The Labute approximate surface area is 245 Å². The van der Waals surface area contributed by atoms with Gasteiger partial charge in [-0.05, 0) is 43.4 Å². The van der Waals surface area contributed by atoms with Gasteiger partial charge in [0.15, 0.2) is 0 Å². The van der Waals surface area contributed by atoms with Crippen LogP contribution in [0.25, 0.3) is 0 Å². The molecular formula is C28H56OU2. The largest absolute Gasteiger partial charge is 0.300 e. The Bertz CT molecular complexity index is 371. The third-order valence-corrected chi connectivity index (χ3v) is 7.03. The van der Waals surface area contributed by atoms with Crippen LogP contribution in [0.15, 0.2) is 0 Å². The number of carbonyl (C=O) groups excluding carboxylic acids is 1. The van der Waals surface area contributed by atoms with Crippen molar-refractivity contribution in [2.45, 2.75) is 163 Å². The molecule has 0 spiro atoms. The number of unbranched alkanes of at least 4 members (excludes halogenated alkanes) is 14. The van der Waals surface area contributed by atoms with Gasteiger partial charge in [0, 0.05) is 75.1 Å². The number of hydrogen-bond acceptors (Lipinski definition) is 1. The Morgan fingerprint density at radius 3 is 1.42 bits per heavy atom. The van der Waals surface area contributed by atoms with Crippen molar-refractivity contribution in [2.24, 2.45) is 11.3 Å². The van der Waals surface area contributed by atoms with Gasteiger partial charge in [0.2, 0.25) is 0 Å². The summed E-state index contributed by atoms with van der Waals surface area (Å²) in [4.78, 5) is 12.2. The number of Topliss-reactive ketones (excluding diaryl/α,β-unsaturated/α-hetero) is 1. The molecule has 31 heavy (non-hydrogen) atoms. The zero-order valence-electron chi connectivity index (χ0n) is 20.8. The summed E-state index contributed by atoms with van der Waals surface area (Å²) in [5.41, 5.74) is 0.522. The maximum Gasteiger partial charge on any atom is 0.133 e. The molecule has 0 radical (unpaired) electrons. The molecule has 0 bridgehead atoms. The minimum Gasteiger partial charge on any atom is -0.300 e. The second-order valence-corrected chi connectivity index (χ2v) is 10.6. The van der Waals surface area contributed by atoms with Crippen LogP contribution < -0.4 is 0 Å². The van der Waals surface area contributed by atoms with E-state index in [1.54, 1.807) is 0 Å². The molecule has 0 unspecified atom stereocenters. The van der Waals surface area contributed by atoms with Gasteiger partial charge in [-0.3, -0.25) is 4.79 Å². The molecule has 1 saturated carbocycles. The van der Waals surface area contributed by atoms with Gasteiger partial charge in [-0.1, -0.05) is 118 Å². The summed E-state index contributed by atoms with van der Waals surface area (Å²) in [5, 5.41) is 0. The topological polar surface area (TPSA) is 17.1 Å². The zero-order valence-corrected chi connectivity index (χ0v) is 29.2. The Morgan fingerprint density at radius 1 is 0.677 bits per heavy atom. The molecule has 0 aromatic rings. The third-order valence-electron chi connectivity index (χ3n) is 7.03. The molecule has 1 nitrogen and oxygen atoms in total. The second-order valence-electron chi connectivity index (χ2n) is 10.6. The Morgan fingerprint density at radius 2 is 1.03 bits per heavy atom. The predicted molar refractivity (Wildman–Crippen MR) is 132 cm³/mol. The molecule has 1 fully saturated rings. The van der Waals surface area contributed by atoms with Crippen molar-refractivity contribution in [3.63, 3.8) is 0 Å². The maximum absolute atomic E-state index is 12.2. The maximum atomic E-state index is 12.2. The first-order chi connectivity index (χ1) is 13.5. The van der Waals surface area contributed by atoms with E-state index in [1.165, 1.54) is 116 Å². The van der Waals surface area contributed by atoms with Crippen molar-refractivity contribution in [3.8, 4) is 0 Å². The Kier molecular flexibility index (Phi) is 30.0. The quantitative estimate of drug-likeness (QED) is 0.125. The Hall–Kier alpha value is 1.77. The van der Waals surface area contributed by atoms with E-state index in [2.05, 4.69) is 20.8 Å². The van der Waals surface area contributed by atoms with Crippen molar-refractivity contribution in [1.29, 1.82) is 0 Å². The van der Waals surface area contributed by atoms with Gasteiger partial charge in [0.1, 0.15) is 5.78 Å². The molecular weight excluding hydrogens is 828 g/mol. The zero-order chi connectivity index (χ0) is 20.5. The standard InChI is InChI=1S/C27H52O.CH4.2U/c1-4-5-6-7-8-9-10-11-12-13-14-15-16-17-18-19-26(28)24-25-20-22-27(2,3)23-21-25;;;/h25H,4-24H2,1-3H3;1H4;;. The van der Waals surface area contributed by atoms with E-state index in [9.17, 15) is 4.79 Å². The van der Waals surface area contributed by atoms with Crippen molar-refractivity contribution < 1.29 is 67.0 Å².